The number of halogens is 2. The number of phenolic OH excluding ortho intramolecular Hbond substituents is 1. The van der Waals surface area contributed by atoms with Crippen LogP contribution >= 0.6 is 15.9 Å². The summed E-state index contributed by atoms with van der Waals surface area (Å²) < 4.78 is 17.9. The van der Waals surface area contributed by atoms with Gasteiger partial charge in [-0.1, -0.05) is 15.9 Å². The van der Waals surface area contributed by atoms with Gasteiger partial charge in [-0.15, -0.1) is 0 Å². The van der Waals surface area contributed by atoms with Gasteiger partial charge < -0.3 is 9.84 Å². The van der Waals surface area contributed by atoms with E-state index in [1.165, 1.54) is 13.2 Å². The molecule has 0 aromatic heterocycles. The Morgan fingerprint density at radius 3 is 2.79 bits per heavy atom. The van der Waals surface area contributed by atoms with Crippen LogP contribution in [0.3, 0.4) is 0 Å². The second-order valence-corrected chi connectivity index (χ2v) is 3.12. The number of Topliss-reactive ketones (excluding diaryl/α,β-unsaturated/α-hetero) is 1. The van der Waals surface area contributed by atoms with Gasteiger partial charge in [0.2, 0.25) is 0 Å². The molecule has 1 N–H and O–H groups in total. The van der Waals surface area contributed by atoms with Crippen LogP contribution in [0, 0.1) is 5.82 Å². The normalized spacial score (nSPS) is 9.93. The minimum Gasteiger partial charge on any atom is -0.504 e. The lowest BCUT2D eigenvalue weighted by Gasteiger charge is -2.06. The van der Waals surface area contributed by atoms with E-state index < -0.39 is 11.6 Å². The van der Waals surface area contributed by atoms with Crippen molar-refractivity contribution in [3.8, 4) is 11.5 Å². The predicted octanol–water partition coefficient (Wildman–Crippen LogP) is 2.12. The van der Waals surface area contributed by atoms with Gasteiger partial charge in [0.25, 0.3) is 0 Å². The van der Waals surface area contributed by atoms with E-state index in [9.17, 15) is 14.3 Å². The number of aromatic hydroxyl groups is 1. The van der Waals surface area contributed by atoms with Crippen molar-refractivity contribution in [3.63, 3.8) is 0 Å². The number of phenols is 1. The van der Waals surface area contributed by atoms with Crippen LogP contribution in [0.15, 0.2) is 12.1 Å². The van der Waals surface area contributed by atoms with Gasteiger partial charge in [-0.05, 0) is 6.07 Å². The second-order valence-electron chi connectivity index (χ2n) is 2.56. The zero-order chi connectivity index (χ0) is 10.7. The van der Waals surface area contributed by atoms with Crippen LogP contribution in [0.1, 0.15) is 10.4 Å². The fourth-order valence-electron chi connectivity index (χ4n) is 0.992. The molecule has 0 saturated heterocycles. The van der Waals surface area contributed by atoms with E-state index in [4.69, 9.17) is 4.74 Å². The van der Waals surface area contributed by atoms with Gasteiger partial charge in [-0.25, -0.2) is 4.39 Å². The van der Waals surface area contributed by atoms with E-state index >= 15 is 0 Å². The van der Waals surface area contributed by atoms with Gasteiger partial charge in [0, 0.05) is 6.07 Å². The highest BCUT2D eigenvalue weighted by molar-refractivity contribution is 9.09. The number of rotatable bonds is 3. The van der Waals surface area contributed by atoms with Gasteiger partial charge in [-0.2, -0.15) is 0 Å². The van der Waals surface area contributed by atoms with Crippen LogP contribution in [0.5, 0.6) is 11.5 Å². The number of hydrogen-bond donors (Lipinski definition) is 1. The van der Waals surface area contributed by atoms with Gasteiger partial charge in [0.1, 0.15) is 5.82 Å². The number of hydrogen-bond acceptors (Lipinski definition) is 3. The molecule has 1 rings (SSSR count). The Kier molecular flexibility index (Phi) is 3.46. The average Bonchev–Trinajstić information content (AvgIpc) is 2.17. The molecule has 0 spiro atoms. The molecule has 0 saturated carbocycles. The van der Waals surface area contributed by atoms with E-state index in [0.717, 1.165) is 6.07 Å². The summed E-state index contributed by atoms with van der Waals surface area (Å²) in [4.78, 5) is 11.2. The average molecular weight is 263 g/mol. The van der Waals surface area contributed by atoms with Crippen molar-refractivity contribution in [1.29, 1.82) is 0 Å². The molecule has 0 unspecified atom stereocenters. The van der Waals surface area contributed by atoms with Crippen LogP contribution in [0.2, 0.25) is 0 Å². The Hall–Kier alpha value is -1.10. The van der Waals surface area contributed by atoms with E-state index in [2.05, 4.69) is 15.9 Å². The van der Waals surface area contributed by atoms with Gasteiger partial charge in [-0.3, -0.25) is 4.79 Å². The molecule has 0 fully saturated rings. The maximum Gasteiger partial charge on any atom is 0.176 e. The topological polar surface area (TPSA) is 46.5 Å². The van der Waals surface area contributed by atoms with Crippen molar-refractivity contribution in [1.82, 2.24) is 0 Å². The lowest BCUT2D eigenvalue weighted by molar-refractivity contribution is 0.101. The minimum absolute atomic E-state index is 0.0256. The van der Waals surface area contributed by atoms with Crippen molar-refractivity contribution >= 4 is 21.7 Å². The molecule has 0 atom stereocenters. The first-order chi connectivity index (χ1) is 6.60. The summed E-state index contributed by atoms with van der Waals surface area (Å²) in [7, 11) is 1.33. The number of ether oxygens (including phenoxy) is 1. The van der Waals surface area contributed by atoms with Crippen molar-refractivity contribution in [2.75, 3.05) is 12.4 Å². The number of methoxy groups -OCH3 is 1. The SMILES string of the molecule is COc1cc(C(=O)CBr)c(F)cc1O. The molecule has 5 heteroatoms. The molecule has 0 aliphatic carbocycles. The maximum absolute atomic E-state index is 13.1. The molecule has 3 nitrogen and oxygen atoms in total. The highest BCUT2D eigenvalue weighted by Crippen LogP contribution is 2.28. The minimum atomic E-state index is -0.757. The van der Waals surface area contributed by atoms with E-state index in [-0.39, 0.29) is 22.4 Å². The summed E-state index contributed by atoms with van der Waals surface area (Å²) in [6.45, 7) is 0. The van der Waals surface area contributed by atoms with Crippen LogP contribution in [0.4, 0.5) is 4.39 Å². The lowest BCUT2D eigenvalue weighted by atomic mass is 10.1. The van der Waals surface area contributed by atoms with E-state index in [1.807, 2.05) is 0 Å². The molecule has 0 bridgehead atoms. The fourth-order valence-corrected chi connectivity index (χ4v) is 1.29. The molecule has 0 aliphatic heterocycles. The van der Waals surface area contributed by atoms with Gasteiger partial charge in [0.15, 0.2) is 17.3 Å². The summed E-state index contributed by atoms with van der Waals surface area (Å²) in [6.07, 6.45) is 0. The standard InChI is InChI=1S/C9H8BrFO3/c1-14-9-2-5(8(13)4-10)6(11)3-7(9)12/h2-3,12H,4H2,1H3. The Bertz CT molecular complexity index is 365. The molecule has 0 amide bonds. The molecular formula is C9H8BrFO3. The smallest absolute Gasteiger partial charge is 0.176 e. The van der Waals surface area contributed by atoms with Crippen molar-refractivity contribution in [3.05, 3.63) is 23.5 Å². The third-order valence-corrected chi connectivity index (χ3v) is 2.20. The third-order valence-electron chi connectivity index (χ3n) is 1.69. The third kappa shape index (κ3) is 2.04. The Morgan fingerprint density at radius 1 is 1.64 bits per heavy atom. The molecule has 0 radical (unpaired) electrons. The number of ketones is 1. The summed E-state index contributed by atoms with van der Waals surface area (Å²) >= 11 is 2.93. The zero-order valence-corrected chi connectivity index (χ0v) is 8.97. The number of carbonyl (C=O) groups is 1. The first kappa shape index (κ1) is 11.0. The summed E-state index contributed by atoms with van der Waals surface area (Å²) in [5, 5.41) is 9.21. The summed E-state index contributed by atoms with van der Waals surface area (Å²) in [6, 6.07) is 2.03. The first-order valence-electron chi connectivity index (χ1n) is 3.75. The zero-order valence-electron chi connectivity index (χ0n) is 7.38. The lowest BCUT2D eigenvalue weighted by Crippen LogP contribution is -2.03. The van der Waals surface area contributed by atoms with Crippen molar-refractivity contribution < 1.29 is 19.0 Å². The number of alkyl halides is 1. The first-order valence-corrected chi connectivity index (χ1v) is 4.88. The molecule has 1 aromatic carbocycles. The van der Waals surface area contributed by atoms with Gasteiger partial charge >= 0.3 is 0 Å². The second kappa shape index (κ2) is 4.41. The van der Waals surface area contributed by atoms with Crippen molar-refractivity contribution in [2.45, 2.75) is 0 Å². The van der Waals surface area contributed by atoms with E-state index in [0.29, 0.717) is 0 Å². The van der Waals surface area contributed by atoms with Crippen LogP contribution < -0.4 is 4.74 Å². The Morgan fingerprint density at radius 2 is 2.29 bits per heavy atom. The molecule has 1 aromatic rings. The highest BCUT2D eigenvalue weighted by Gasteiger charge is 2.14. The molecule has 14 heavy (non-hydrogen) atoms. The molecule has 0 heterocycles. The number of benzene rings is 1. The molecular weight excluding hydrogens is 255 g/mol. The maximum atomic E-state index is 13.1. The largest absolute Gasteiger partial charge is 0.504 e. The molecule has 0 aliphatic rings. The monoisotopic (exact) mass is 262 g/mol. The highest BCUT2D eigenvalue weighted by atomic mass is 79.9. The van der Waals surface area contributed by atoms with Crippen molar-refractivity contribution in [2.24, 2.45) is 0 Å². The Balaban J connectivity index is 3.24. The quantitative estimate of drug-likeness (QED) is 0.671. The fraction of sp³-hybridized carbons (Fsp3) is 0.222. The number of carbonyl (C=O) groups excluding carboxylic acids is 1. The summed E-state index contributed by atoms with van der Waals surface area (Å²) in [5.41, 5.74) is -0.100. The Labute approximate surface area is 88.6 Å². The predicted molar refractivity (Wildman–Crippen MR) is 52.7 cm³/mol. The van der Waals surface area contributed by atoms with E-state index in [1.54, 1.807) is 0 Å². The van der Waals surface area contributed by atoms with Crippen LogP contribution in [0.25, 0.3) is 0 Å². The summed E-state index contributed by atoms with van der Waals surface area (Å²) in [5.74, 6) is -1.40. The van der Waals surface area contributed by atoms with Crippen LogP contribution in [-0.4, -0.2) is 23.3 Å². The van der Waals surface area contributed by atoms with Crippen LogP contribution in [-0.2, 0) is 0 Å². The molecule has 76 valence electrons. The van der Waals surface area contributed by atoms with Gasteiger partial charge in [0.05, 0.1) is 18.0 Å².